The van der Waals surface area contributed by atoms with Crippen LogP contribution in [0.3, 0.4) is 0 Å². The molecule has 23 heavy (non-hydrogen) atoms. The maximum Gasteiger partial charge on any atom is 0.258 e. The molecule has 118 valence electrons. The Hall–Kier alpha value is -1.97. The fourth-order valence-electron chi connectivity index (χ4n) is 2.73. The minimum absolute atomic E-state index is 0.193. The van der Waals surface area contributed by atoms with Gasteiger partial charge < -0.3 is 9.88 Å². The van der Waals surface area contributed by atoms with Crippen molar-refractivity contribution in [3.05, 3.63) is 63.3 Å². The monoisotopic (exact) mass is 346 g/mol. The van der Waals surface area contributed by atoms with E-state index in [-0.39, 0.29) is 5.91 Å². The molecule has 0 unspecified atom stereocenters. The van der Waals surface area contributed by atoms with Gasteiger partial charge in [-0.2, -0.15) is 0 Å². The largest absolute Gasteiger partial charge is 0.347 e. The Kier molecular flexibility index (Phi) is 4.09. The lowest BCUT2D eigenvalue weighted by molar-refractivity contribution is 0.102. The van der Waals surface area contributed by atoms with E-state index in [1.807, 2.05) is 49.7 Å². The zero-order valence-corrected chi connectivity index (χ0v) is 14.6. The molecule has 0 fully saturated rings. The molecule has 3 nitrogen and oxygen atoms in total. The second kappa shape index (κ2) is 5.91. The predicted molar refractivity (Wildman–Crippen MR) is 96.8 cm³/mol. The minimum Gasteiger partial charge on any atom is -0.347 e. The lowest BCUT2D eigenvalue weighted by atomic mass is 10.1. The number of nitrogens with one attached hydrogen (secondary N) is 1. The first kappa shape index (κ1) is 15.9. The Balaban J connectivity index is 2.06. The van der Waals surface area contributed by atoms with Crippen LogP contribution in [-0.2, 0) is 7.05 Å². The van der Waals surface area contributed by atoms with Crippen LogP contribution in [0.1, 0.15) is 21.6 Å². The normalized spacial score (nSPS) is 11.0. The van der Waals surface area contributed by atoms with Gasteiger partial charge >= 0.3 is 0 Å². The summed E-state index contributed by atoms with van der Waals surface area (Å²) in [5.41, 5.74) is 3.95. The van der Waals surface area contributed by atoms with Crippen LogP contribution in [0.25, 0.3) is 10.9 Å². The quantitative estimate of drug-likeness (QED) is 0.666. The number of carbonyl (C=O) groups excluding carboxylic acids is 1. The van der Waals surface area contributed by atoms with E-state index in [2.05, 4.69) is 5.32 Å². The van der Waals surface area contributed by atoms with E-state index in [9.17, 15) is 4.79 Å². The molecule has 1 heterocycles. The van der Waals surface area contributed by atoms with Gasteiger partial charge in [0.05, 0.1) is 16.3 Å². The molecule has 3 aromatic rings. The third-order valence-electron chi connectivity index (χ3n) is 4.12. The van der Waals surface area contributed by atoms with Gasteiger partial charge in [0.15, 0.2) is 0 Å². The molecule has 0 bridgehead atoms. The zero-order valence-electron chi connectivity index (χ0n) is 13.1. The zero-order chi connectivity index (χ0) is 16.7. The molecule has 1 amide bonds. The van der Waals surface area contributed by atoms with Gasteiger partial charge in [-0.05, 0) is 37.6 Å². The third-order valence-corrected chi connectivity index (χ3v) is 4.84. The van der Waals surface area contributed by atoms with Gasteiger partial charge in [-0.25, -0.2) is 0 Å². The molecular formula is C18H16Cl2N2O. The van der Waals surface area contributed by atoms with E-state index in [0.29, 0.717) is 21.3 Å². The van der Waals surface area contributed by atoms with E-state index >= 15 is 0 Å². The van der Waals surface area contributed by atoms with Gasteiger partial charge in [-0.15, -0.1) is 0 Å². The standard InChI is InChI=1S/C18H16Cl2N2O/c1-10-8-14(20)15(9-13(10)19)21-18(23)17-11(2)22(3)16-7-5-4-6-12(16)17/h4-9H,1-3H3,(H,21,23). The molecule has 0 saturated carbocycles. The number of aryl methyl sites for hydroxylation is 2. The Morgan fingerprint density at radius 1 is 1.09 bits per heavy atom. The van der Waals surface area contributed by atoms with E-state index in [1.54, 1.807) is 12.1 Å². The maximum absolute atomic E-state index is 12.8. The number of aromatic nitrogens is 1. The van der Waals surface area contributed by atoms with E-state index in [1.165, 1.54) is 0 Å². The van der Waals surface area contributed by atoms with Crippen LogP contribution >= 0.6 is 23.2 Å². The van der Waals surface area contributed by atoms with Crippen molar-refractivity contribution < 1.29 is 4.79 Å². The Bertz CT molecular complexity index is 928. The lowest BCUT2D eigenvalue weighted by Gasteiger charge is -2.10. The number of nitrogens with zero attached hydrogens (tertiary/aromatic N) is 1. The second-order valence-electron chi connectivity index (χ2n) is 5.57. The van der Waals surface area contributed by atoms with E-state index in [4.69, 9.17) is 23.2 Å². The number of hydrogen-bond donors (Lipinski definition) is 1. The van der Waals surface area contributed by atoms with Crippen molar-refractivity contribution in [2.45, 2.75) is 13.8 Å². The van der Waals surface area contributed by atoms with Gasteiger partial charge in [0.1, 0.15) is 0 Å². The highest BCUT2D eigenvalue weighted by atomic mass is 35.5. The Morgan fingerprint density at radius 2 is 1.78 bits per heavy atom. The van der Waals surface area contributed by atoms with Crippen LogP contribution < -0.4 is 5.32 Å². The van der Waals surface area contributed by atoms with Gasteiger partial charge in [0.2, 0.25) is 0 Å². The van der Waals surface area contributed by atoms with Gasteiger partial charge in [-0.3, -0.25) is 4.79 Å². The fourth-order valence-corrected chi connectivity index (χ4v) is 3.16. The lowest BCUT2D eigenvalue weighted by Crippen LogP contribution is -2.13. The maximum atomic E-state index is 12.8. The number of rotatable bonds is 2. The van der Waals surface area contributed by atoms with Crippen LogP contribution in [0.5, 0.6) is 0 Å². The fraction of sp³-hybridized carbons (Fsp3) is 0.167. The summed E-state index contributed by atoms with van der Waals surface area (Å²) in [7, 11) is 1.95. The topological polar surface area (TPSA) is 34.0 Å². The summed E-state index contributed by atoms with van der Waals surface area (Å²) < 4.78 is 2.01. The summed E-state index contributed by atoms with van der Waals surface area (Å²) in [6.45, 7) is 3.80. The average Bonchev–Trinajstić information content (AvgIpc) is 2.77. The molecule has 5 heteroatoms. The summed E-state index contributed by atoms with van der Waals surface area (Å²) in [6, 6.07) is 11.2. The number of halogens is 2. The summed E-state index contributed by atoms with van der Waals surface area (Å²) in [5.74, 6) is -0.193. The number of anilines is 1. The number of amides is 1. The first-order valence-electron chi connectivity index (χ1n) is 7.21. The highest BCUT2D eigenvalue weighted by Gasteiger charge is 2.19. The molecule has 0 aliphatic heterocycles. The Morgan fingerprint density at radius 3 is 2.52 bits per heavy atom. The third kappa shape index (κ3) is 2.71. The average molecular weight is 347 g/mol. The molecule has 0 aliphatic rings. The van der Waals surface area contributed by atoms with Gasteiger partial charge in [-0.1, -0.05) is 41.4 Å². The first-order valence-corrected chi connectivity index (χ1v) is 7.96. The summed E-state index contributed by atoms with van der Waals surface area (Å²) in [6.07, 6.45) is 0. The number of carbonyl (C=O) groups is 1. The van der Waals surface area contributed by atoms with Gasteiger partial charge in [0, 0.05) is 28.7 Å². The molecule has 0 radical (unpaired) electrons. The van der Waals surface area contributed by atoms with Crippen molar-refractivity contribution in [3.8, 4) is 0 Å². The minimum atomic E-state index is -0.193. The molecular weight excluding hydrogens is 331 g/mol. The smallest absolute Gasteiger partial charge is 0.258 e. The predicted octanol–water partition coefficient (Wildman–Crippen LogP) is 5.35. The van der Waals surface area contributed by atoms with Crippen LogP contribution in [0.2, 0.25) is 10.0 Å². The molecule has 0 atom stereocenters. The molecule has 1 aromatic heterocycles. The van der Waals surface area contributed by atoms with Gasteiger partial charge in [0.25, 0.3) is 5.91 Å². The summed E-state index contributed by atoms with van der Waals surface area (Å²) >= 11 is 12.3. The van der Waals surface area contributed by atoms with Crippen LogP contribution in [-0.4, -0.2) is 10.5 Å². The van der Waals surface area contributed by atoms with Crippen molar-refractivity contribution in [1.82, 2.24) is 4.57 Å². The van der Waals surface area contributed by atoms with Crippen molar-refractivity contribution in [1.29, 1.82) is 0 Å². The van der Waals surface area contributed by atoms with Crippen LogP contribution in [0, 0.1) is 13.8 Å². The van der Waals surface area contributed by atoms with Crippen molar-refractivity contribution in [2.75, 3.05) is 5.32 Å². The summed E-state index contributed by atoms with van der Waals surface area (Å²) in [5, 5.41) is 4.83. The molecule has 0 spiro atoms. The highest BCUT2D eigenvalue weighted by molar-refractivity contribution is 6.36. The molecule has 0 aliphatic carbocycles. The number of fused-ring (bicyclic) bond motifs is 1. The molecule has 1 N–H and O–H groups in total. The highest BCUT2D eigenvalue weighted by Crippen LogP contribution is 2.31. The SMILES string of the molecule is Cc1cc(Cl)c(NC(=O)c2c(C)n(C)c3ccccc23)cc1Cl. The van der Waals surface area contributed by atoms with Crippen molar-refractivity contribution in [3.63, 3.8) is 0 Å². The number of benzene rings is 2. The summed E-state index contributed by atoms with van der Waals surface area (Å²) in [4.78, 5) is 12.8. The van der Waals surface area contributed by atoms with E-state index < -0.39 is 0 Å². The first-order chi connectivity index (χ1) is 10.9. The Labute approximate surface area is 144 Å². The molecule has 2 aromatic carbocycles. The van der Waals surface area contributed by atoms with Crippen molar-refractivity contribution in [2.24, 2.45) is 7.05 Å². The van der Waals surface area contributed by atoms with E-state index in [0.717, 1.165) is 22.2 Å². The van der Waals surface area contributed by atoms with Crippen LogP contribution in [0.15, 0.2) is 36.4 Å². The molecule has 3 rings (SSSR count). The number of hydrogen-bond acceptors (Lipinski definition) is 1. The van der Waals surface area contributed by atoms with Crippen molar-refractivity contribution >= 4 is 45.7 Å². The van der Waals surface area contributed by atoms with Crippen LogP contribution in [0.4, 0.5) is 5.69 Å². The molecule has 0 saturated heterocycles. The second-order valence-corrected chi connectivity index (χ2v) is 6.39. The number of para-hydroxylation sites is 1.